The van der Waals surface area contributed by atoms with Gasteiger partial charge in [-0.1, -0.05) is 35.9 Å². The molecular weight excluding hydrogens is 352 g/mol. The van der Waals surface area contributed by atoms with Gasteiger partial charge in [0.15, 0.2) is 6.10 Å². The van der Waals surface area contributed by atoms with Gasteiger partial charge in [-0.25, -0.2) is 0 Å². The van der Waals surface area contributed by atoms with E-state index in [-0.39, 0.29) is 11.8 Å². The average molecular weight is 373 g/mol. The van der Waals surface area contributed by atoms with E-state index in [4.69, 9.17) is 16.3 Å². The number of nitrogens with zero attached hydrogens (tertiary/aromatic N) is 2. The third kappa shape index (κ3) is 4.35. The number of rotatable bonds is 4. The van der Waals surface area contributed by atoms with Crippen LogP contribution in [-0.4, -0.2) is 53.9 Å². The van der Waals surface area contributed by atoms with Gasteiger partial charge >= 0.3 is 0 Å². The van der Waals surface area contributed by atoms with E-state index < -0.39 is 6.10 Å². The maximum Gasteiger partial charge on any atom is 0.263 e. The number of ether oxygens (including phenoxy) is 1. The number of amides is 2. The van der Waals surface area contributed by atoms with Gasteiger partial charge in [0.2, 0.25) is 0 Å². The van der Waals surface area contributed by atoms with Gasteiger partial charge in [0, 0.05) is 36.8 Å². The first-order chi connectivity index (χ1) is 12.5. The maximum atomic E-state index is 12.6. The molecule has 5 nitrogen and oxygen atoms in total. The predicted octanol–water partition coefficient (Wildman–Crippen LogP) is 3.09. The van der Waals surface area contributed by atoms with Crippen molar-refractivity contribution in [1.82, 2.24) is 9.80 Å². The lowest BCUT2D eigenvalue weighted by Crippen LogP contribution is -2.53. The van der Waals surface area contributed by atoms with Crippen molar-refractivity contribution in [3.05, 3.63) is 65.2 Å². The maximum absolute atomic E-state index is 12.6. The zero-order valence-corrected chi connectivity index (χ0v) is 15.4. The molecule has 26 heavy (non-hydrogen) atoms. The molecule has 0 aliphatic carbocycles. The highest BCUT2D eigenvalue weighted by atomic mass is 35.5. The molecule has 1 aliphatic rings. The van der Waals surface area contributed by atoms with Crippen molar-refractivity contribution in [2.24, 2.45) is 0 Å². The second-order valence-corrected chi connectivity index (χ2v) is 6.64. The zero-order chi connectivity index (χ0) is 18.5. The highest BCUT2D eigenvalue weighted by molar-refractivity contribution is 6.30. The molecule has 0 radical (unpaired) electrons. The normalized spacial score (nSPS) is 15.5. The van der Waals surface area contributed by atoms with E-state index in [0.29, 0.717) is 42.5 Å². The van der Waals surface area contributed by atoms with E-state index in [1.54, 1.807) is 53.1 Å². The number of carbonyl (C=O) groups is 2. The first-order valence-corrected chi connectivity index (χ1v) is 8.98. The summed E-state index contributed by atoms with van der Waals surface area (Å²) in [7, 11) is 0. The van der Waals surface area contributed by atoms with Gasteiger partial charge in [0.05, 0.1) is 0 Å². The van der Waals surface area contributed by atoms with Crippen molar-refractivity contribution in [3.63, 3.8) is 0 Å². The Bertz CT molecular complexity index is 774. The van der Waals surface area contributed by atoms with Gasteiger partial charge in [0.25, 0.3) is 11.8 Å². The minimum Gasteiger partial charge on any atom is -0.481 e. The number of hydrogen-bond acceptors (Lipinski definition) is 3. The van der Waals surface area contributed by atoms with Crippen LogP contribution < -0.4 is 4.74 Å². The van der Waals surface area contributed by atoms with E-state index in [9.17, 15) is 9.59 Å². The van der Waals surface area contributed by atoms with Crippen LogP contribution in [0.2, 0.25) is 5.02 Å². The van der Waals surface area contributed by atoms with Crippen LogP contribution in [0.25, 0.3) is 0 Å². The van der Waals surface area contributed by atoms with E-state index >= 15 is 0 Å². The molecule has 1 fully saturated rings. The number of hydrogen-bond donors (Lipinski definition) is 0. The van der Waals surface area contributed by atoms with Gasteiger partial charge in [0.1, 0.15) is 5.75 Å². The molecule has 136 valence electrons. The van der Waals surface area contributed by atoms with Crippen LogP contribution in [0.3, 0.4) is 0 Å². The second-order valence-electron chi connectivity index (χ2n) is 6.20. The number of carbonyl (C=O) groups excluding carboxylic acids is 2. The standard InChI is InChI=1S/C20H21ClN2O3/c1-15(26-18-9-5-8-17(21)14-18)19(24)22-10-12-23(13-11-22)20(25)16-6-3-2-4-7-16/h2-9,14-15H,10-13H2,1H3/t15-/m1/s1. The highest BCUT2D eigenvalue weighted by Crippen LogP contribution is 2.19. The van der Waals surface area contributed by atoms with Crippen LogP contribution in [0.1, 0.15) is 17.3 Å². The monoisotopic (exact) mass is 372 g/mol. The van der Waals surface area contributed by atoms with E-state index in [1.165, 1.54) is 0 Å². The number of benzene rings is 2. The van der Waals surface area contributed by atoms with E-state index in [0.717, 1.165) is 0 Å². The summed E-state index contributed by atoms with van der Waals surface area (Å²) in [6.07, 6.45) is -0.607. The highest BCUT2D eigenvalue weighted by Gasteiger charge is 2.28. The van der Waals surface area contributed by atoms with Crippen LogP contribution in [-0.2, 0) is 4.79 Å². The van der Waals surface area contributed by atoms with Crippen molar-refractivity contribution in [2.45, 2.75) is 13.0 Å². The minimum absolute atomic E-state index is 0.000856. The van der Waals surface area contributed by atoms with Crippen LogP contribution in [0.4, 0.5) is 0 Å². The van der Waals surface area contributed by atoms with Crippen molar-refractivity contribution < 1.29 is 14.3 Å². The summed E-state index contributed by atoms with van der Waals surface area (Å²) in [5, 5.41) is 0.565. The first kappa shape index (κ1) is 18.3. The Morgan fingerprint density at radius 2 is 1.62 bits per heavy atom. The SMILES string of the molecule is C[C@@H](Oc1cccc(Cl)c1)C(=O)N1CCN(C(=O)c2ccccc2)CC1. The fourth-order valence-electron chi connectivity index (χ4n) is 2.95. The van der Waals surface area contributed by atoms with Crippen molar-refractivity contribution in [1.29, 1.82) is 0 Å². The molecule has 1 atom stereocenters. The second kappa shape index (κ2) is 8.23. The Labute approximate surface area is 158 Å². The molecule has 0 aromatic heterocycles. The lowest BCUT2D eigenvalue weighted by atomic mass is 10.2. The predicted molar refractivity (Wildman–Crippen MR) is 100 cm³/mol. The summed E-state index contributed by atoms with van der Waals surface area (Å²) < 4.78 is 5.70. The number of halogens is 1. The smallest absolute Gasteiger partial charge is 0.263 e. The Balaban J connectivity index is 1.54. The Hall–Kier alpha value is -2.53. The quantitative estimate of drug-likeness (QED) is 0.828. The largest absolute Gasteiger partial charge is 0.481 e. The third-order valence-corrected chi connectivity index (χ3v) is 4.59. The zero-order valence-electron chi connectivity index (χ0n) is 14.6. The average Bonchev–Trinajstić information content (AvgIpc) is 2.67. The molecule has 0 unspecified atom stereocenters. The molecule has 0 spiro atoms. The van der Waals surface area contributed by atoms with Gasteiger partial charge in [-0.3, -0.25) is 9.59 Å². The van der Waals surface area contributed by atoms with Gasteiger partial charge in [-0.15, -0.1) is 0 Å². The Morgan fingerprint density at radius 1 is 0.962 bits per heavy atom. The van der Waals surface area contributed by atoms with Crippen LogP contribution in [0.5, 0.6) is 5.75 Å². The molecule has 0 N–H and O–H groups in total. The fourth-order valence-corrected chi connectivity index (χ4v) is 3.13. The molecule has 6 heteroatoms. The molecule has 0 saturated carbocycles. The van der Waals surface area contributed by atoms with E-state index in [1.807, 2.05) is 18.2 Å². The van der Waals surface area contributed by atoms with Crippen LogP contribution >= 0.6 is 11.6 Å². The molecule has 1 heterocycles. The van der Waals surface area contributed by atoms with Crippen molar-refractivity contribution in [2.75, 3.05) is 26.2 Å². The Kier molecular flexibility index (Phi) is 5.78. The summed E-state index contributed by atoms with van der Waals surface area (Å²) in [6, 6.07) is 16.2. The van der Waals surface area contributed by atoms with Gasteiger partial charge in [-0.2, -0.15) is 0 Å². The minimum atomic E-state index is -0.607. The molecule has 3 rings (SSSR count). The number of piperazine rings is 1. The molecule has 1 saturated heterocycles. The fraction of sp³-hybridized carbons (Fsp3) is 0.300. The van der Waals surface area contributed by atoms with Crippen molar-refractivity contribution in [3.8, 4) is 5.75 Å². The molecular formula is C20H21ClN2O3. The molecule has 2 aromatic carbocycles. The molecule has 2 amide bonds. The molecule has 0 bridgehead atoms. The lowest BCUT2D eigenvalue weighted by Gasteiger charge is -2.36. The van der Waals surface area contributed by atoms with Gasteiger partial charge < -0.3 is 14.5 Å². The van der Waals surface area contributed by atoms with E-state index in [2.05, 4.69) is 0 Å². The van der Waals surface area contributed by atoms with Crippen LogP contribution in [0, 0.1) is 0 Å². The molecule has 2 aromatic rings. The van der Waals surface area contributed by atoms with Gasteiger partial charge in [-0.05, 0) is 37.3 Å². The first-order valence-electron chi connectivity index (χ1n) is 8.60. The summed E-state index contributed by atoms with van der Waals surface area (Å²) in [6.45, 7) is 3.76. The van der Waals surface area contributed by atoms with Crippen LogP contribution in [0.15, 0.2) is 54.6 Å². The Morgan fingerprint density at radius 3 is 2.27 bits per heavy atom. The third-order valence-electron chi connectivity index (χ3n) is 4.36. The lowest BCUT2D eigenvalue weighted by molar-refractivity contribution is -0.139. The summed E-state index contributed by atoms with van der Waals surface area (Å²) in [5.74, 6) is 0.481. The summed E-state index contributed by atoms with van der Waals surface area (Å²) >= 11 is 5.94. The topological polar surface area (TPSA) is 49.9 Å². The van der Waals surface area contributed by atoms with Crippen molar-refractivity contribution >= 4 is 23.4 Å². The summed E-state index contributed by atoms with van der Waals surface area (Å²) in [4.78, 5) is 28.6. The summed E-state index contributed by atoms with van der Waals surface area (Å²) in [5.41, 5.74) is 0.671. The molecule has 1 aliphatic heterocycles.